The zero-order valence-electron chi connectivity index (χ0n) is 12.0. The number of pyridine rings is 1. The maximum Gasteiger partial charge on any atom is 0.159 e. The van der Waals surface area contributed by atoms with Crippen molar-refractivity contribution in [2.75, 3.05) is 0 Å². The van der Waals surface area contributed by atoms with Crippen molar-refractivity contribution < 1.29 is 5.11 Å². The molecule has 0 atom stereocenters. The number of fused-ring (bicyclic) bond motifs is 1. The topological polar surface area (TPSA) is 58.9 Å². The van der Waals surface area contributed by atoms with Crippen LogP contribution < -0.4 is 0 Å². The molecule has 2 heterocycles. The van der Waals surface area contributed by atoms with Crippen LogP contribution in [0.1, 0.15) is 19.7 Å². The summed E-state index contributed by atoms with van der Waals surface area (Å²) in [5.74, 6) is 0.375. The molecule has 0 spiro atoms. The molecule has 0 saturated heterocycles. The first-order valence-electron chi connectivity index (χ1n) is 6.65. The smallest absolute Gasteiger partial charge is 0.159 e. The zero-order chi connectivity index (χ0) is 15.9. The minimum absolute atomic E-state index is 0.375. The number of rotatable bonds is 2. The van der Waals surface area contributed by atoms with Crippen molar-refractivity contribution in [1.29, 1.82) is 0 Å². The lowest BCUT2D eigenvalue weighted by Crippen LogP contribution is -2.19. The van der Waals surface area contributed by atoms with E-state index in [1.165, 1.54) is 6.20 Å². The van der Waals surface area contributed by atoms with Crippen LogP contribution in [-0.4, -0.2) is 20.1 Å². The Morgan fingerprint density at radius 2 is 1.64 bits per heavy atom. The Morgan fingerprint density at radius 1 is 0.955 bits per heavy atom. The third-order valence-electron chi connectivity index (χ3n) is 3.29. The molecule has 0 bridgehead atoms. The molecule has 4 nitrogen and oxygen atoms in total. The first-order chi connectivity index (χ1) is 10.4. The number of hydrogen-bond donors (Lipinski definition) is 1. The quantitative estimate of drug-likeness (QED) is 0.762. The fraction of sp³-hybridized carbons (Fsp3) is 0.188. The van der Waals surface area contributed by atoms with Gasteiger partial charge >= 0.3 is 0 Å². The predicted octanol–water partition coefficient (Wildman–Crippen LogP) is 4.23. The van der Waals surface area contributed by atoms with Gasteiger partial charge in [-0.3, -0.25) is 4.98 Å². The van der Waals surface area contributed by atoms with Crippen molar-refractivity contribution in [3.8, 4) is 11.1 Å². The fourth-order valence-corrected chi connectivity index (χ4v) is 2.46. The Balaban J connectivity index is 2.08. The van der Waals surface area contributed by atoms with E-state index in [1.807, 2.05) is 18.2 Å². The zero-order valence-corrected chi connectivity index (χ0v) is 13.5. The Labute approximate surface area is 137 Å². The highest BCUT2D eigenvalue weighted by Gasteiger charge is 2.19. The second kappa shape index (κ2) is 5.47. The lowest BCUT2D eigenvalue weighted by molar-refractivity contribution is 0.0687. The highest BCUT2D eigenvalue weighted by Crippen LogP contribution is 2.32. The third kappa shape index (κ3) is 2.77. The molecule has 112 valence electrons. The number of aliphatic hydroxyl groups is 1. The molecule has 6 heteroatoms. The number of aromatic nitrogens is 3. The predicted molar refractivity (Wildman–Crippen MR) is 88.0 cm³/mol. The van der Waals surface area contributed by atoms with Gasteiger partial charge in [-0.2, -0.15) is 0 Å². The second-order valence-electron chi connectivity index (χ2n) is 5.51. The number of hydrogen-bond acceptors (Lipinski definition) is 4. The van der Waals surface area contributed by atoms with E-state index in [9.17, 15) is 5.11 Å². The summed E-state index contributed by atoms with van der Waals surface area (Å²) in [7, 11) is 0. The van der Waals surface area contributed by atoms with Gasteiger partial charge < -0.3 is 5.11 Å². The molecule has 0 aliphatic carbocycles. The van der Waals surface area contributed by atoms with Gasteiger partial charge in [0, 0.05) is 29.5 Å². The van der Waals surface area contributed by atoms with Crippen LogP contribution in [-0.2, 0) is 5.60 Å². The Morgan fingerprint density at radius 3 is 2.27 bits per heavy atom. The van der Waals surface area contributed by atoms with Crippen LogP contribution >= 0.6 is 23.2 Å². The van der Waals surface area contributed by atoms with Gasteiger partial charge in [-0.25, -0.2) is 9.97 Å². The first kappa shape index (κ1) is 15.2. The molecule has 0 radical (unpaired) electrons. The third-order valence-corrected chi connectivity index (χ3v) is 4.08. The molecule has 3 rings (SSSR count). The summed E-state index contributed by atoms with van der Waals surface area (Å²) in [4.78, 5) is 12.7. The highest BCUT2D eigenvalue weighted by atomic mass is 35.5. The van der Waals surface area contributed by atoms with Crippen LogP contribution in [0.25, 0.3) is 22.0 Å². The molecular weight excluding hydrogens is 321 g/mol. The SMILES string of the molecule is CC(C)(O)c1ncc(-c2ccc3ncc(Cl)c(Cl)c3c2)cn1. The molecule has 1 aromatic carbocycles. The van der Waals surface area contributed by atoms with Crippen molar-refractivity contribution in [2.24, 2.45) is 0 Å². The first-order valence-corrected chi connectivity index (χ1v) is 7.41. The standard InChI is InChI=1S/C16H13Cl2N3O/c1-16(2,22)15-20-6-10(7-21-15)9-3-4-13-11(5-9)14(18)12(17)8-19-13/h3-8,22H,1-2H3. The van der Waals surface area contributed by atoms with Gasteiger partial charge in [0.25, 0.3) is 0 Å². The summed E-state index contributed by atoms with van der Waals surface area (Å²) >= 11 is 12.2. The molecule has 0 unspecified atom stereocenters. The van der Waals surface area contributed by atoms with Crippen LogP contribution in [0.15, 0.2) is 36.8 Å². The van der Waals surface area contributed by atoms with Gasteiger partial charge in [-0.15, -0.1) is 0 Å². The number of halogens is 2. The largest absolute Gasteiger partial charge is 0.382 e. The van der Waals surface area contributed by atoms with Crippen LogP contribution in [0, 0.1) is 0 Å². The minimum atomic E-state index is -1.07. The fourth-order valence-electron chi connectivity index (χ4n) is 2.11. The summed E-state index contributed by atoms with van der Waals surface area (Å²) in [5.41, 5.74) is 1.43. The molecule has 3 aromatic rings. The van der Waals surface area contributed by atoms with E-state index in [-0.39, 0.29) is 0 Å². The average molecular weight is 334 g/mol. The van der Waals surface area contributed by atoms with Gasteiger partial charge in [0.2, 0.25) is 0 Å². The Bertz CT molecular complexity index is 842. The van der Waals surface area contributed by atoms with E-state index < -0.39 is 5.60 Å². The van der Waals surface area contributed by atoms with Crippen molar-refractivity contribution in [2.45, 2.75) is 19.4 Å². The van der Waals surface area contributed by atoms with Crippen molar-refractivity contribution in [1.82, 2.24) is 15.0 Å². The van der Waals surface area contributed by atoms with Gasteiger partial charge in [0.15, 0.2) is 5.82 Å². The summed E-state index contributed by atoms with van der Waals surface area (Å²) < 4.78 is 0. The van der Waals surface area contributed by atoms with E-state index in [2.05, 4.69) is 15.0 Å². The average Bonchev–Trinajstić information content (AvgIpc) is 2.50. The van der Waals surface area contributed by atoms with E-state index in [1.54, 1.807) is 26.2 Å². The normalized spacial score (nSPS) is 11.9. The van der Waals surface area contributed by atoms with Crippen LogP contribution in [0.2, 0.25) is 10.0 Å². The van der Waals surface area contributed by atoms with Crippen LogP contribution in [0.4, 0.5) is 0 Å². The Hall–Kier alpha value is -1.75. The molecule has 2 aromatic heterocycles. The minimum Gasteiger partial charge on any atom is -0.382 e. The van der Waals surface area contributed by atoms with Gasteiger partial charge in [-0.05, 0) is 31.5 Å². The van der Waals surface area contributed by atoms with E-state index >= 15 is 0 Å². The summed E-state index contributed by atoms with van der Waals surface area (Å²) in [5, 5.41) is 11.6. The van der Waals surface area contributed by atoms with Gasteiger partial charge in [0.05, 0.1) is 15.6 Å². The monoisotopic (exact) mass is 333 g/mol. The van der Waals surface area contributed by atoms with Crippen LogP contribution in [0.5, 0.6) is 0 Å². The van der Waals surface area contributed by atoms with Crippen molar-refractivity contribution in [3.63, 3.8) is 0 Å². The molecule has 0 fully saturated rings. The second-order valence-corrected chi connectivity index (χ2v) is 6.29. The highest BCUT2D eigenvalue weighted by molar-refractivity contribution is 6.45. The van der Waals surface area contributed by atoms with Crippen molar-refractivity contribution in [3.05, 3.63) is 52.7 Å². The number of nitrogens with zero attached hydrogens (tertiary/aromatic N) is 3. The molecule has 0 amide bonds. The lowest BCUT2D eigenvalue weighted by atomic mass is 10.1. The maximum atomic E-state index is 9.89. The summed E-state index contributed by atoms with van der Waals surface area (Å²) in [6.07, 6.45) is 4.88. The molecule has 1 N–H and O–H groups in total. The maximum absolute atomic E-state index is 9.89. The summed E-state index contributed by atoms with van der Waals surface area (Å²) in [6, 6.07) is 5.69. The summed E-state index contributed by atoms with van der Waals surface area (Å²) in [6.45, 7) is 3.29. The van der Waals surface area contributed by atoms with E-state index in [0.29, 0.717) is 15.9 Å². The van der Waals surface area contributed by atoms with Gasteiger partial charge in [-0.1, -0.05) is 29.3 Å². The molecule has 22 heavy (non-hydrogen) atoms. The van der Waals surface area contributed by atoms with Gasteiger partial charge in [0.1, 0.15) is 5.60 Å². The van der Waals surface area contributed by atoms with Crippen molar-refractivity contribution >= 4 is 34.1 Å². The van der Waals surface area contributed by atoms with E-state index in [0.717, 1.165) is 22.0 Å². The molecule has 0 aliphatic heterocycles. The lowest BCUT2D eigenvalue weighted by Gasteiger charge is -2.15. The van der Waals surface area contributed by atoms with Crippen LogP contribution in [0.3, 0.4) is 0 Å². The molecule has 0 saturated carbocycles. The Kier molecular flexibility index (Phi) is 3.77. The number of benzene rings is 1. The molecular formula is C16H13Cl2N3O. The molecule has 0 aliphatic rings. The van der Waals surface area contributed by atoms with E-state index in [4.69, 9.17) is 23.2 Å².